The normalized spacial score (nSPS) is 14.3. The van der Waals surface area contributed by atoms with Crippen molar-refractivity contribution in [2.75, 3.05) is 30.8 Å². The second-order valence-electron chi connectivity index (χ2n) is 4.93. The van der Waals surface area contributed by atoms with E-state index >= 15 is 0 Å². The summed E-state index contributed by atoms with van der Waals surface area (Å²) < 4.78 is 5.54. The number of carbonyl (C=O) groups is 1. The van der Waals surface area contributed by atoms with E-state index in [9.17, 15) is 4.79 Å². The Kier molecular flexibility index (Phi) is 4.63. The topological polar surface area (TPSA) is 90.4 Å². The largest absolute Gasteiger partial charge is 0.397 e. The zero-order chi connectivity index (χ0) is 13.7. The Morgan fingerprint density at radius 2 is 2.21 bits per heavy atom. The van der Waals surface area contributed by atoms with Gasteiger partial charge < -0.3 is 21.5 Å². The van der Waals surface area contributed by atoms with Crippen LogP contribution in [-0.2, 0) is 4.74 Å². The van der Waals surface area contributed by atoms with Gasteiger partial charge in [0, 0.05) is 19.8 Å². The molecule has 5 heteroatoms. The fraction of sp³-hybridized carbons (Fsp3) is 0.500. The lowest BCUT2D eigenvalue weighted by atomic mass is 10.1. The van der Waals surface area contributed by atoms with E-state index in [-0.39, 0.29) is 0 Å². The van der Waals surface area contributed by atoms with Crippen molar-refractivity contribution in [3.05, 3.63) is 23.8 Å². The maximum Gasteiger partial charge on any atom is 0.250 e. The van der Waals surface area contributed by atoms with E-state index in [0.717, 1.165) is 25.6 Å². The van der Waals surface area contributed by atoms with Crippen LogP contribution in [0.25, 0.3) is 0 Å². The lowest BCUT2D eigenvalue weighted by molar-refractivity contribution is 0.100. The second-order valence-corrected chi connectivity index (χ2v) is 4.93. The van der Waals surface area contributed by atoms with Crippen molar-refractivity contribution in [1.29, 1.82) is 0 Å². The molecule has 104 valence electrons. The summed E-state index contributed by atoms with van der Waals surface area (Å²) in [6.45, 7) is 2.31. The molecular formula is C14H21N3O2. The molecule has 2 rings (SSSR count). The number of hydrogen-bond donors (Lipinski definition) is 3. The van der Waals surface area contributed by atoms with Gasteiger partial charge >= 0.3 is 0 Å². The Hall–Kier alpha value is -1.75. The number of nitrogens with two attached hydrogens (primary N) is 2. The zero-order valence-electron chi connectivity index (χ0n) is 11.0. The van der Waals surface area contributed by atoms with Gasteiger partial charge in [0.05, 0.1) is 16.9 Å². The predicted molar refractivity (Wildman–Crippen MR) is 76.0 cm³/mol. The zero-order valence-corrected chi connectivity index (χ0v) is 11.0. The van der Waals surface area contributed by atoms with Gasteiger partial charge in [0.25, 0.3) is 5.91 Å². The monoisotopic (exact) mass is 263 g/mol. The molecule has 1 fully saturated rings. The molecule has 0 aromatic heterocycles. The van der Waals surface area contributed by atoms with Gasteiger partial charge in [-0.1, -0.05) is 6.07 Å². The van der Waals surface area contributed by atoms with Crippen LogP contribution in [0.4, 0.5) is 11.4 Å². The lowest BCUT2D eigenvalue weighted by Crippen LogP contribution is -2.16. The minimum absolute atomic E-state index is 0.430. The second kappa shape index (κ2) is 6.43. The molecule has 0 unspecified atom stereocenters. The molecule has 1 aromatic carbocycles. The van der Waals surface area contributed by atoms with E-state index < -0.39 is 5.91 Å². The van der Waals surface area contributed by atoms with Gasteiger partial charge in [-0.3, -0.25) is 4.79 Å². The first-order valence-electron chi connectivity index (χ1n) is 6.68. The molecule has 1 aromatic rings. The van der Waals surface area contributed by atoms with Gasteiger partial charge in [0.2, 0.25) is 0 Å². The molecule has 5 nitrogen and oxygen atoms in total. The van der Waals surface area contributed by atoms with Crippen LogP contribution in [0, 0.1) is 5.92 Å². The van der Waals surface area contributed by atoms with Gasteiger partial charge in [-0.05, 0) is 37.3 Å². The first-order chi connectivity index (χ1) is 9.18. The maximum atomic E-state index is 11.3. The van der Waals surface area contributed by atoms with Crippen LogP contribution in [-0.4, -0.2) is 25.7 Å². The van der Waals surface area contributed by atoms with Crippen LogP contribution >= 0.6 is 0 Å². The van der Waals surface area contributed by atoms with Crippen LogP contribution in [0.1, 0.15) is 29.6 Å². The van der Waals surface area contributed by atoms with Gasteiger partial charge in [-0.2, -0.15) is 0 Å². The van der Waals surface area contributed by atoms with Crippen molar-refractivity contribution in [3.63, 3.8) is 0 Å². The number of nitrogens with one attached hydrogen (secondary N) is 1. The van der Waals surface area contributed by atoms with E-state index in [2.05, 4.69) is 5.32 Å². The van der Waals surface area contributed by atoms with Gasteiger partial charge in [-0.15, -0.1) is 0 Å². The number of ether oxygens (including phenoxy) is 1. The Labute approximate surface area is 113 Å². The molecule has 0 saturated heterocycles. The van der Waals surface area contributed by atoms with Gasteiger partial charge in [-0.25, -0.2) is 0 Å². The quantitative estimate of drug-likeness (QED) is 0.491. The molecule has 0 atom stereocenters. The van der Waals surface area contributed by atoms with Crippen LogP contribution in [0.2, 0.25) is 0 Å². The number of nitrogen functional groups attached to an aromatic ring is 1. The number of benzene rings is 1. The summed E-state index contributed by atoms with van der Waals surface area (Å²) in [5.74, 6) is 0.318. The number of rotatable bonds is 8. The standard InChI is InChI=1S/C14H21N3O2/c15-12-4-1-3-11(14(16)18)13(12)17-7-2-8-19-9-10-5-6-10/h1,3-4,10,17H,2,5-9,15H2,(H2,16,18). The minimum Gasteiger partial charge on any atom is -0.397 e. The maximum absolute atomic E-state index is 11.3. The number of carbonyl (C=O) groups excluding carboxylic acids is 1. The number of hydrogen-bond acceptors (Lipinski definition) is 4. The first-order valence-corrected chi connectivity index (χ1v) is 6.68. The predicted octanol–water partition coefficient (Wildman–Crippen LogP) is 1.60. The highest BCUT2D eigenvalue weighted by molar-refractivity contribution is 6.01. The number of primary amides is 1. The summed E-state index contributed by atoms with van der Waals surface area (Å²) >= 11 is 0. The van der Waals surface area contributed by atoms with Crippen LogP contribution < -0.4 is 16.8 Å². The van der Waals surface area contributed by atoms with Crippen molar-refractivity contribution in [3.8, 4) is 0 Å². The van der Waals surface area contributed by atoms with E-state index in [0.29, 0.717) is 23.5 Å². The Morgan fingerprint density at radius 1 is 1.42 bits per heavy atom. The van der Waals surface area contributed by atoms with Crippen molar-refractivity contribution in [1.82, 2.24) is 0 Å². The smallest absolute Gasteiger partial charge is 0.250 e. The highest BCUT2D eigenvalue weighted by atomic mass is 16.5. The Morgan fingerprint density at radius 3 is 2.89 bits per heavy atom. The first kappa shape index (κ1) is 13.7. The minimum atomic E-state index is -0.472. The van der Waals surface area contributed by atoms with Crippen molar-refractivity contribution < 1.29 is 9.53 Å². The van der Waals surface area contributed by atoms with Crippen molar-refractivity contribution >= 4 is 17.3 Å². The van der Waals surface area contributed by atoms with Gasteiger partial charge in [0.1, 0.15) is 0 Å². The molecular weight excluding hydrogens is 242 g/mol. The molecule has 0 heterocycles. The molecule has 5 N–H and O–H groups in total. The lowest BCUT2D eigenvalue weighted by Gasteiger charge is -2.12. The fourth-order valence-electron chi connectivity index (χ4n) is 1.89. The summed E-state index contributed by atoms with van der Waals surface area (Å²) in [7, 11) is 0. The van der Waals surface area contributed by atoms with Crippen LogP contribution in [0.3, 0.4) is 0 Å². The third-order valence-corrected chi connectivity index (χ3v) is 3.18. The van der Waals surface area contributed by atoms with Crippen LogP contribution in [0.5, 0.6) is 0 Å². The van der Waals surface area contributed by atoms with Gasteiger partial charge in [0.15, 0.2) is 0 Å². The summed E-state index contributed by atoms with van der Waals surface area (Å²) in [6.07, 6.45) is 3.49. The summed E-state index contributed by atoms with van der Waals surface area (Å²) in [5, 5.41) is 3.16. The van der Waals surface area contributed by atoms with E-state index in [4.69, 9.17) is 16.2 Å². The summed E-state index contributed by atoms with van der Waals surface area (Å²) in [5.41, 5.74) is 12.8. The highest BCUT2D eigenvalue weighted by Gasteiger charge is 2.20. The number of amides is 1. The average molecular weight is 263 g/mol. The highest BCUT2D eigenvalue weighted by Crippen LogP contribution is 2.28. The molecule has 0 aliphatic heterocycles. The molecule has 1 saturated carbocycles. The molecule has 0 spiro atoms. The molecule has 19 heavy (non-hydrogen) atoms. The third kappa shape index (κ3) is 4.13. The molecule has 0 radical (unpaired) electrons. The SMILES string of the molecule is NC(=O)c1cccc(N)c1NCCCOCC1CC1. The third-order valence-electron chi connectivity index (χ3n) is 3.18. The van der Waals surface area contributed by atoms with E-state index in [1.807, 2.05) is 0 Å². The molecule has 1 aliphatic rings. The number of para-hydroxylation sites is 1. The van der Waals surface area contributed by atoms with Crippen LogP contribution in [0.15, 0.2) is 18.2 Å². The fourth-order valence-corrected chi connectivity index (χ4v) is 1.89. The summed E-state index contributed by atoms with van der Waals surface area (Å²) in [6, 6.07) is 5.14. The molecule has 0 bridgehead atoms. The van der Waals surface area contributed by atoms with E-state index in [1.165, 1.54) is 12.8 Å². The van der Waals surface area contributed by atoms with Crippen molar-refractivity contribution in [2.24, 2.45) is 11.7 Å². The Bertz CT molecular complexity index is 444. The number of anilines is 2. The average Bonchev–Trinajstić information content (AvgIpc) is 3.18. The summed E-state index contributed by atoms with van der Waals surface area (Å²) in [4.78, 5) is 11.3. The molecule has 1 amide bonds. The Balaban J connectivity index is 1.76. The molecule has 1 aliphatic carbocycles. The van der Waals surface area contributed by atoms with E-state index in [1.54, 1.807) is 18.2 Å². The van der Waals surface area contributed by atoms with Crippen molar-refractivity contribution in [2.45, 2.75) is 19.3 Å².